The zero-order valence-electron chi connectivity index (χ0n) is 10.2. The van der Waals surface area contributed by atoms with Crippen LogP contribution in [0.5, 0.6) is 0 Å². The van der Waals surface area contributed by atoms with E-state index in [0.29, 0.717) is 6.54 Å². The molecular formula is C12H20N2O3. The number of carbonyl (C=O) groups is 2. The fourth-order valence-corrected chi connectivity index (χ4v) is 1.87. The quantitative estimate of drug-likeness (QED) is 0.717. The van der Waals surface area contributed by atoms with Crippen LogP contribution in [0.3, 0.4) is 0 Å². The number of carboxylic acids is 1. The normalized spacial score (nSPS) is 15.0. The molecule has 0 fully saturated rings. The summed E-state index contributed by atoms with van der Waals surface area (Å²) in [5.74, 6) is -1.00. The Kier molecular flexibility index (Phi) is 5.52. The summed E-state index contributed by atoms with van der Waals surface area (Å²) < 4.78 is 0. The van der Waals surface area contributed by atoms with Crippen LogP contribution < -0.4 is 5.32 Å². The SMILES string of the molecule is CN(CC(=O)O)C(=O)NCCC1=CCCCC1. The first-order valence-corrected chi connectivity index (χ1v) is 5.98. The van der Waals surface area contributed by atoms with Gasteiger partial charge in [-0.2, -0.15) is 0 Å². The molecule has 1 aliphatic rings. The van der Waals surface area contributed by atoms with Crippen molar-refractivity contribution in [1.29, 1.82) is 0 Å². The van der Waals surface area contributed by atoms with Crippen molar-refractivity contribution in [2.75, 3.05) is 20.1 Å². The molecule has 17 heavy (non-hydrogen) atoms. The average Bonchev–Trinajstić information content (AvgIpc) is 2.29. The van der Waals surface area contributed by atoms with Gasteiger partial charge in [0.15, 0.2) is 0 Å². The second-order valence-electron chi connectivity index (χ2n) is 4.34. The number of hydrogen-bond acceptors (Lipinski definition) is 2. The lowest BCUT2D eigenvalue weighted by Gasteiger charge is -2.17. The Morgan fingerprint density at radius 3 is 2.82 bits per heavy atom. The lowest BCUT2D eigenvalue weighted by molar-refractivity contribution is -0.137. The first-order chi connectivity index (χ1) is 8.09. The largest absolute Gasteiger partial charge is 0.480 e. The molecule has 0 bridgehead atoms. The smallest absolute Gasteiger partial charge is 0.323 e. The van der Waals surface area contributed by atoms with Gasteiger partial charge in [0.1, 0.15) is 6.54 Å². The lowest BCUT2D eigenvalue weighted by atomic mass is 9.97. The van der Waals surface area contributed by atoms with Crippen molar-refractivity contribution in [2.24, 2.45) is 0 Å². The van der Waals surface area contributed by atoms with Crippen molar-refractivity contribution in [3.63, 3.8) is 0 Å². The van der Waals surface area contributed by atoms with Crippen LogP contribution in [0.4, 0.5) is 4.79 Å². The molecule has 0 atom stereocenters. The topological polar surface area (TPSA) is 69.6 Å². The van der Waals surface area contributed by atoms with Crippen LogP contribution in [0.1, 0.15) is 32.1 Å². The molecule has 0 aromatic carbocycles. The molecule has 0 radical (unpaired) electrons. The molecule has 2 N–H and O–H groups in total. The minimum atomic E-state index is -1.00. The van der Waals surface area contributed by atoms with Crippen LogP contribution in [0.2, 0.25) is 0 Å². The van der Waals surface area contributed by atoms with E-state index in [9.17, 15) is 9.59 Å². The molecule has 2 amide bonds. The molecule has 1 aliphatic carbocycles. The fraction of sp³-hybridized carbons (Fsp3) is 0.667. The van der Waals surface area contributed by atoms with Gasteiger partial charge in [-0.3, -0.25) is 4.79 Å². The van der Waals surface area contributed by atoms with Crippen LogP contribution in [0.25, 0.3) is 0 Å². The number of allylic oxidation sites excluding steroid dienone is 1. The molecule has 0 saturated carbocycles. The fourth-order valence-electron chi connectivity index (χ4n) is 1.87. The molecule has 0 unspecified atom stereocenters. The van der Waals surface area contributed by atoms with Gasteiger partial charge in [-0.25, -0.2) is 4.79 Å². The molecule has 5 heteroatoms. The van der Waals surface area contributed by atoms with Crippen molar-refractivity contribution in [3.8, 4) is 0 Å². The second-order valence-corrected chi connectivity index (χ2v) is 4.34. The number of urea groups is 1. The average molecular weight is 240 g/mol. The zero-order valence-corrected chi connectivity index (χ0v) is 10.2. The molecule has 0 aromatic heterocycles. The third kappa shape index (κ3) is 5.38. The van der Waals surface area contributed by atoms with E-state index in [4.69, 9.17) is 5.11 Å². The highest BCUT2D eigenvalue weighted by Crippen LogP contribution is 2.19. The van der Waals surface area contributed by atoms with E-state index < -0.39 is 5.97 Å². The monoisotopic (exact) mass is 240 g/mol. The van der Waals surface area contributed by atoms with E-state index in [1.54, 1.807) is 0 Å². The summed E-state index contributed by atoms with van der Waals surface area (Å²) >= 11 is 0. The first-order valence-electron chi connectivity index (χ1n) is 5.98. The first kappa shape index (κ1) is 13.5. The number of carbonyl (C=O) groups excluding carboxylic acids is 1. The Bertz CT molecular complexity index is 313. The number of nitrogens with one attached hydrogen (secondary N) is 1. The summed E-state index contributed by atoms with van der Waals surface area (Å²) in [4.78, 5) is 23.0. The molecule has 5 nitrogen and oxygen atoms in total. The Labute approximate surface area is 101 Å². The van der Waals surface area contributed by atoms with Crippen molar-refractivity contribution < 1.29 is 14.7 Å². The van der Waals surface area contributed by atoms with E-state index in [1.807, 2.05) is 0 Å². The van der Waals surface area contributed by atoms with Gasteiger partial charge in [0, 0.05) is 13.6 Å². The number of hydrogen-bond donors (Lipinski definition) is 2. The molecular weight excluding hydrogens is 220 g/mol. The van der Waals surface area contributed by atoms with Crippen LogP contribution >= 0.6 is 0 Å². The van der Waals surface area contributed by atoms with E-state index in [1.165, 1.54) is 25.5 Å². The van der Waals surface area contributed by atoms with Crippen molar-refractivity contribution in [3.05, 3.63) is 11.6 Å². The highest BCUT2D eigenvalue weighted by atomic mass is 16.4. The van der Waals surface area contributed by atoms with Crippen LogP contribution in [-0.4, -0.2) is 42.1 Å². The van der Waals surface area contributed by atoms with Gasteiger partial charge < -0.3 is 15.3 Å². The minimum absolute atomic E-state index is 0.269. The van der Waals surface area contributed by atoms with Crippen LogP contribution in [0.15, 0.2) is 11.6 Å². The maximum absolute atomic E-state index is 11.5. The summed E-state index contributed by atoms with van der Waals surface area (Å²) in [5, 5.41) is 11.2. The predicted octanol–water partition coefficient (Wildman–Crippen LogP) is 1.60. The molecule has 1 rings (SSSR count). The van der Waals surface area contributed by atoms with Crippen LogP contribution in [-0.2, 0) is 4.79 Å². The second kappa shape index (κ2) is 6.93. The number of carboxylic acid groups (broad SMARTS) is 1. The van der Waals surface area contributed by atoms with Crippen molar-refractivity contribution in [2.45, 2.75) is 32.1 Å². The number of amides is 2. The Morgan fingerprint density at radius 2 is 2.24 bits per heavy atom. The molecule has 0 aliphatic heterocycles. The van der Waals surface area contributed by atoms with Crippen molar-refractivity contribution >= 4 is 12.0 Å². The Hall–Kier alpha value is -1.52. The third-order valence-corrected chi connectivity index (χ3v) is 2.83. The molecule has 0 spiro atoms. The number of aliphatic carboxylic acids is 1. The minimum Gasteiger partial charge on any atom is -0.480 e. The predicted molar refractivity (Wildman–Crippen MR) is 64.8 cm³/mol. The Morgan fingerprint density at radius 1 is 1.47 bits per heavy atom. The van der Waals surface area contributed by atoms with E-state index >= 15 is 0 Å². The summed E-state index contributed by atoms with van der Waals surface area (Å²) in [7, 11) is 1.48. The van der Waals surface area contributed by atoms with Gasteiger partial charge in [-0.05, 0) is 32.1 Å². The van der Waals surface area contributed by atoms with Gasteiger partial charge in [0.05, 0.1) is 0 Å². The van der Waals surface area contributed by atoms with Crippen LogP contribution in [0, 0.1) is 0 Å². The molecule has 0 heterocycles. The highest BCUT2D eigenvalue weighted by molar-refractivity contribution is 5.79. The number of likely N-dealkylation sites (N-methyl/N-ethyl adjacent to an activating group) is 1. The zero-order chi connectivity index (χ0) is 12.7. The summed E-state index contributed by atoms with van der Waals surface area (Å²) in [6.07, 6.45) is 7.88. The lowest BCUT2D eigenvalue weighted by Crippen LogP contribution is -2.40. The molecule has 0 saturated heterocycles. The van der Waals surface area contributed by atoms with Crippen molar-refractivity contribution in [1.82, 2.24) is 10.2 Å². The Balaban J connectivity index is 2.19. The van der Waals surface area contributed by atoms with Gasteiger partial charge in [-0.15, -0.1) is 0 Å². The molecule has 96 valence electrons. The summed E-state index contributed by atoms with van der Waals surface area (Å²) in [6, 6.07) is -0.330. The highest BCUT2D eigenvalue weighted by Gasteiger charge is 2.11. The maximum Gasteiger partial charge on any atom is 0.323 e. The molecule has 0 aromatic rings. The van der Waals surface area contributed by atoms with E-state index in [0.717, 1.165) is 24.2 Å². The number of nitrogens with zero attached hydrogens (tertiary/aromatic N) is 1. The summed E-state index contributed by atoms with van der Waals surface area (Å²) in [5.41, 5.74) is 1.40. The standard InChI is InChI=1S/C12H20N2O3/c1-14(9-11(15)16)12(17)13-8-7-10-5-3-2-4-6-10/h5H,2-4,6-9H2,1H3,(H,13,17)(H,15,16). The van der Waals surface area contributed by atoms with E-state index in [2.05, 4.69) is 11.4 Å². The summed E-state index contributed by atoms with van der Waals surface area (Å²) in [6.45, 7) is 0.309. The third-order valence-electron chi connectivity index (χ3n) is 2.83. The van der Waals surface area contributed by atoms with Gasteiger partial charge in [-0.1, -0.05) is 11.6 Å². The van der Waals surface area contributed by atoms with Gasteiger partial charge >= 0.3 is 12.0 Å². The van der Waals surface area contributed by atoms with Gasteiger partial charge in [0.25, 0.3) is 0 Å². The maximum atomic E-state index is 11.5. The number of rotatable bonds is 5. The van der Waals surface area contributed by atoms with E-state index in [-0.39, 0.29) is 12.6 Å². The van der Waals surface area contributed by atoms with Gasteiger partial charge in [0.2, 0.25) is 0 Å².